The Bertz CT molecular complexity index is 1100. The summed E-state index contributed by atoms with van der Waals surface area (Å²) >= 11 is 0. The number of ether oxygens (including phenoxy) is 3. The molecule has 4 rings (SSSR count). The lowest BCUT2D eigenvalue weighted by molar-refractivity contribution is -0.147. The Morgan fingerprint density at radius 3 is 2.52 bits per heavy atom. The minimum absolute atomic E-state index is 0.00859. The first kappa shape index (κ1) is 22.6. The van der Waals surface area contributed by atoms with E-state index in [0.717, 1.165) is 11.3 Å². The van der Waals surface area contributed by atoms with Gasteiger partial charge in [0.25, 0.3) is 0 Å². The lowest BCUT2D eigenvalue weighted by Gasteiger charge is -2.40. The molecular formula is C27H29NO5. The van der Waals surface area contributed by atoms with Crippen LogP contribution in [0.2, 0.25) is 0 Å². The third kappa shape index (κ3) is 4.25. The van der Waals surface area contributed by atoms with Crippen LogP contribution in [0, 0.1) is 5.92 Å². The van der Waals surface area contributed by atoms with Gasteiger partial charge in [-0.15, -0.1) is 0 Å². The highest BCUT2D eigenvalue weighted by atomic mass is 16.5. The fraction of sp³-hybridized carbons (Fsp3) is 0.333. The molecule has 3 atom stereocenters. The maximum absolute atomic E-state index is 13.6. The monoisotopic (exact) mass is 447 g/mol. The van der Waals surface area contributed by atoms with Gasteiger partial charge in [-0.2, -0.15) is 0 Å². The van der Waals surface area contributed by atoms with Crippen molar-refractivity contribution in [1.82, 2.24) is 5.32 Å². The summed E-state index contributed by atoms with van der Waals surface area (Å²) in [5.41, 5.74) is 3.74. The van der Waals surface area contributed by atoms with E-state index in [1.807, 2.05) is 36.4 Å². The van der Waals surface area contributed by atoms with Crippen molar-refractivity contribution < 1.29 is 23.8 Å². The highest BCUT2D eigenvalue weighted by Gasteiger charge is 2.46. The van der Waals surface area contributed by atoms with Crippen molar-refractivity contribution >= 4 is 11.8 Å². The summed E-state index contributed by atoms with van der Waals surface area (Å²) in [6.07, 6.45) is 1.03. The van der Waals surface area contributed by atoms with Crippen molar-refractivity contribution in [2.75, 3.05) is 20.8 Å². The van der Waals surface area contributed by atoms with E-state index in [9.17, 15) is 9.59 Å². The van der Waals surface area contributed by atoms with Crippen LogP contribution in [0.3, 0.4) is 0 Å². The smallest absolute Gasteiger partial charge is 0.315 e. The van der Waals surface area contributed by atoms with E-state index in [0.29, 0.717) is 41.2 Å². The molecule has 1 N–H and O–H groups in total. The van der Waals surface area contributed by atoms with Gasteiger partial charge in [-0.05, 0) is 43.0 Å². The van der Waals surface area contributed by atoms with Crippen LogP contribution in [0.5, 0.6) is 11.5 Å². The lowest BCUT2D eigenvalue weighted by Crippen LogP contribution is -2.42. The Morgan fingerprint density at radius 1 is 1.09 bits per heavy atom. The molecule has 0 bridgehead atoms. The second-order valence-corrected chi connectivity index (χ2v) is 8.30. The van der Waals surface area contributed by atoms with Gasteiger partial charge in [-0.1, -0.05) is 36.9 Å². The van der Waals surface area contributed by atoms with E-state index in [-0.39, 0.29) is 18.3 Å². The van der Waals surface area contributed by atoms with Gasteiger partial charge in [-0.3, -0.25) is 9.59 Å². The molecule has 1 aliphatic heterocycles. The standard InChI is InChI=1S/C27H29NO5/c1-5-33-27(30)24-16(2)28-21-13-18(17-9-7-6-8-10-17)14-22(29)26(21)25(24)20-15-19(31-3)11-12-23(20)32-4/h6-12,15,18,24-25,28H,2,5,13-14H2,1,3-4H3. The van der Waals surface area contributed by atoms with Gasteiger partial charge in [0.15, 0.2) is 5.78 Å². The SMILES string of the molecule is C=C1NC2=C(C(=O)CC(c3ccccc3)C2)C(c2cc(OC)ccc2OC)C1C(=O)OCC. The van der Waals surface area contributed by atoms with Crippen LogP contribution < -0.4 is 14.8 Å². The number of nitrogens with one attached hydrogen (secondary N) is 1. The maximum atomic E-state index is 13.6. The summed E-state index contributed by atoms with van der Waals surface area (Å²) in [6, 6.07) is 15.4. The molecular weight excluding hydrogens is 418 g/mol. The Kier molecular flexibility index (Phi) is 6.54. The van der Waals surface area contributed by atoms with Crippen molar-refractivity contribution in [2.45, 2.75) is 31.6 Å². The van der Waals surface area contributed by atoms with E-state index < -0.39 is 17.8 Å². The van der Waals surface area contributed by atoms with Gasteiger partial charge in [0, 0.05) is 34.9 Å². The number of esters is 1. The Morgan fingerprint density at radius 2 is 1.85 bits per heavy atom. The number of ketones is 1. The molecule has 6 heteroatoms. The third-order valence-electron chi connectivity index (χ3n) is 6.42. The van der Waals surface area contributed by atoms with Crippen LogP contribution in [0.25, 0.3) is 0 Å². The number of hydrogen-bond donors (Lipinski definition) is 1. The minimum atomic E-state index is -0.762. The summed E-state index contributed by atoms with van der Waals surface area (Å²) in [5, 5.41) is 3.30. The van der Waals surface area contributed by atoms with E-state index in [4.69, 9.17) is 14.2 Å². The van der Waals surface area contributed by atoms with Gasteiger partial charge < -0.3 is 19.5 Å². The zero-order chi connectivity index (χ0) is 23.5. The van der Waals surface area contributed by atoms with Gasteiger partial charge in [0.1, 0.15) is 17.4 Å². The van der Waals surface area contributed by atoms with E-state index in [2.05, 4.69) is 11.9 Å². The maximum Gasteiger partial charge on any atom is 0.315 e. The molecule has 2 aromatic rings. The van der Waals surface area contributed by atoms with Gasteiger partial charge in [0.2, 0.25) is 0 Å². The zero-order valence-electron chi connectivity index (χ0n) is 19.2. The molecule has 2 aromatic carbocycles. The normalized spacial score (nSPS) is 22.3. The molecule has 2 aliphatic rings. The molecule has 0 fully saturated rings. The molecule has 33 heavy (non-hydrogen) atoms. The highest BCUT2D eigenvalue weighted by molar-refractivity contribution is 6.01. The number of benzene rings is 2. The predicted octanol–water partition coefficient (Wildman–Crippen LogP) is 4.48. The van der Waals surface area contributed by atoms with Crippen LogP contribution >= 0.6 is 0 Å². The third-order valence-corrected chi connectivity index (χ3v) is 6.42. The van der Waals surface area contributed by atoms with Crippen molar-refractivity contribution in [3.63, 3.8) is 0 Å². The number of hydrogen-bond acceptors (Lipinski definition) is 6. The van der Waals surface area contributed by atoms with Crippen LogP contribution in [-0.4, -0.2) is 32.6 Å². The second-order valence-electron chi connectivity index (χ2n) is 8.30. The topological polar surface area (TPSA) is 73.9 Å². The molecule has 0 radical (unpaired) electrons. The zero-order valence-corrected chi connectivity index (χ0v) is 19.2. The number of carbonyl (C=O) groups excluding carboxylic acids is 2. The summed E-state index contributed by atoms with van der Waals surface area (Å²) in [4.78, 5) is 26.7. The van der Waals surface area contributed by atoms with Crippen molar-refractivity contribution in [1.29, 1.82) is 0 Å². The number of methoxy groups -OCH3 is 2. The predicted molar refractivity (Wildman–Crippen MR) is 125 cm³/mol. The summed E-state index contributed by atoms with van der Waals surface area (Å²) < 4.78 is 16.5. The molecule has 3 unspecified atom stereocenters. The molecule has 0 amide bonds. The first-order chi connectivity index (χ1) is 16.0. The number of Topliss-reactive ketones (excluding diaryl/α,β-unsaturated/α-hetero) is 1. The number of allylic oxidation sites excluding steroid dienone is 2. The fourth-order valence-corrected chi connectivity index (χ4v) is 4.94. The Balaban J connectivity index is 1.87. The first-order valence-electron chi connectivity index (χ1n) is 11.1. The molecule has 1 heterocycles. The average Bonchev–Trinajstić information content (AvgIpc) is 2.83. The molecule has 172 valence electrons. The molecule has 0 spiro atoms. The van der Waals surface area contributed by atoms with E-state index in [1.165, 1.54) is 0 Å². The number of rotatable bonds is 6. The Labute approximate surface area is 194 Å². The number of carbonyl (C=O) groups is 2. The van der Waals surface area contributed by atoms with Crippen LogP contribution in [0.4, 0.5) is 0 Å². The molecule has 1 aliphatic carbocycles. The van der Waals surface area contributed by atoms with Crippen LogP contribution in [0.15, 0.2) is 72.1 Å². The van der Waals surface area contributed by atoms with Crippen LogP contribution in [0.1, 0.15) is 42.7 Å². The van der Waals surface area contributed by atoms with Crippen molar-refractivity contribution in [3.05, 3.63) is 83.2 Å². The quantitative estimate of drug-likeness (QED) is 0.658. The van der Waals surface area contributed by atoms with Crippen molar-refractivity contribution in [3.8, 4) is 11.5 Å². The van der Waals surface area contributed by atoms with Gasteiger partial charge in [-0.25, -0.2) is 0 Å². The largest absolute Gasteiger partial charge is 0.497 e. The molecule has 0 aromatic heterocycles. The first-order valence-corrected chi connectivity index (χ1v) is 11.1. The minimum Gasteiger partial charge on any atom is -0.497 e. The van der Waals surface area contributed by atoms with E-state index >= 15 is 0 Å². The lowest BCUT2D eigenvalue weighted by atomic mass is 9.68. The molecule has 0 saturated heterocycles. The van der Waals surface area contributed by atoms with E-state index in [1.54, 1.807) is 33.3 Å². The molecule has 0 saturated carbocycles. The summed E-state index contributed by atoms with van der Waals surface area (Å²) in [6.45, 7) is 6.16. The second kappa shape index (κ2) is 9.53. The fourth-order valence-electron chi connectivity index (χ4n) is 4.94. The van der Waals surface area contributed by atoms with Gasteiger partial charge >= 0.3 is 5.97 Å². The average molecular weight is 448 g/mol. The highest BCUT2D eigenvalue weighted by Crippen LogP contribution is 2.49. The Hall–Kier alpha value is -3.54. The van der Waals surface area contributed by atoms with Crippen LogP contribution in [-0.2, 0) is 14.3 Å². The summed E-state index contributed by atoms with van der Waals surface area (Å²) in [7, 11) is 3.15. The molecule has 6 nitrogen and oxygen atoms in total. The van der Waals surface area contributed by atoms with Crippen molar-refractivity contribution in [2.24, 2.45) is 5.92 Å². The summed E-state index contributed by atoms with van der Waals surface area (Å²) in [5.74, 6) is -0.503. The van der Waals surface area contributed by atoms with Gasteiger partial charge in [0.05, 0.1) is 20.8 Å².